The van der Waals surface area contributed by atoms with Crippen molar-refractivity contribution in [3.63, 3.8) is 0 Å². The van der Waals surface area contributed by atoms with Gasteiger partial charge < -0.3 is 18.9 Å². The molecular weight excluding hydrogens is 749 g/mol. The third-order valence-electron chi connectivity index (χ3n) is 9.36. The lowest BCUT2D eigenvalue weighted by Crippen LogP contribution is -2.42. The van der Waals surface area contributed by atoms with Crippen molar-refractivity contribution in [2.24, 2.45) is 0 Å². The summed E-state index contributed by atoms with van der Waals surface area (Å²) in [4.78, 5) is -0.550. The van der Waals surface area contributed by atoms with Gasteiger partial charge in [-0.15, -0.1) is 0 Å². The Morgan fingerprint density at radius 2 is 0.686 bits per heavy atom. The van der Waals surface area contributed by atoms with Crippen molar-refractivity contribution >= 4 is 40.1 Å². The average molecular weight is 793 g/mol. The molecule has 4 aliphatic rings. The van der Waals surface area contributed by atoms with Crippen molar-refractivity contribution in [2.45, 2.75) is 38.8 Å². The largest absolute Gasteiger partial charge is 0.379 e. The van der Waals surface area contributed by atoms with Crippen molar-refractivity contribution in [3.8, 4) is 0 Å². The fourth-order valence-corrected chi connectivity index (χ4v) is 12.9. The predicted octanol–water partition coefficient (Wildman–Crippen LogP) is -0.0545. The van der Waals surface area contributed by atoms with E-state index in [9.17, 15) is 33.7 Å². The highest BCUT2D eigenvalue weighted by Gasteiger charge is 2.34. The summed E-state index contributed by atoms with van der Waals surface area (Å²) in [7, 11) is -16.3. The summed E-state index contributed by atoms with van der Waals surface area (Å²) in [5.74, 6) is 0. The number of sulfonamides is 4. The third kappa shape index (κ3) is 8.36. The highest BCUT2D eigenvalue weighted by molar-refractivity contribution is 7.90. The molecule has 0 unspecified atom stereocenters. The molecule has 4 saturated heterocycles. The third-order valence-corrected chi connectivity index (χ3v) is 17.1. The van der Waals surface area contributed by atoms with Crippen LogP contribution in [0.5, 0.6) is 0 Å². The zero-order chi connectivity index (χ0) is 36.3. The smallest absolute Gasteiger partial charge is 0.243 e. The first kappa shape index (κ1) is 38.6. The Morgan fingerprint density at radius 1 is 0.412 bits per heavy atom. The highest BCUT2D eigenvalue weighted by atomic mass is 32.2. The zero-order valence-corrected chi connectivity index (χ0v) is 31.5. The first-order chi connectivity index (χ1) is 24.3. The van der Waals surface area contributed by atoms with Crippen molar-refractivity contribution < 1.29 is 52.6 Å². The van der Waals surface area contributed by atoms with Crippen LogP contribution >= 0.6 is 0 Å². The molecule has 6 rings (SSSR count). The summed E-state index contributed by atoms with van der Waals surface area (Å²) in [6, 6.07) is 8.24. The van der Waals surface area contributed by atoms with Crippen LogP contribution in [0.25, 0.3) is 0 Å². The van der Waals surface area contributed by atoms with Crippen molar-refractivity contribution in [1.82, 2.24) is 17.2 Å². The molecule has 2 aromatic carbocycles. The summed E-state index contributed by atoms with van der Waals surface area (Å²) in [5, 5.41) is 0. The molecular formula is C31H44N4O12S4. The van der Waals surface area contributed by atoms with Crippen molar-refractivity contribution in [3.05, 3.63) is 47.5 Å². The maximum Gasteiger partial charge on any atom is 0.243 e. The molecule has 51 heavy (non-hydrogen) atoms. The Morgan fingerprint density at radius 3 is 0.980 bits per heavy atom. The van der Waals surface area contributed by atoms with Gasteiger partial charge in [0.05, 0.1) is 72.4 Å². The normalized spacial score (nSPS) is 21.5. The van der Waals surface area contributed by atoms with Crippen LogP contribution in [-0.4, -0.2) is 156 Å². The minimum Gasteiger partial charge on any atom is -0.379 e. The van der Waals surface area contributed by atoms with Gasteiger partial charge in [-0.05, 0) is 54.7 Å². The van der Waals surface area contributed by atoms with E-state index in [0.717, 1.165) is 0 Å². The number of ether oxygens (including phenoxy) is 4. The molecule has 0 amide bonds. The van der Waals surface area contributed by atoms with Gasteiger partial charge in [0.25, 0.3) is 0 Å². The lowest BCUT2D eigenvalue weighted by molar-refractivity contribution is 0.0728. The fourth-order valence-electron chi connectivity index (χ4n) is 6.48. The number of hydrogen-bond donors (Lipinski definition) is 0. The molecule has 0 atom stereocenters. The van der Waals surface area contributed by atoms with E-state index in [4.69, 9.17) is 18.9 Å². The number of nitrogens with zero attached hydrogens (tertiary/aromatic N) is 4. The number of benzene rings is 2. The van der Waals surface area contributed by atoms with E-state index in [1.807, 2.05) is 0 Å². The van der Waals surface area contributed by atoms with E-state index in [2.05, 4.69) is 0 Å². The summed E-state index contributed by atoms with van der Waals surface area (Å²) in [6.07, 6.45) is 0.617. The van der Waals surface area contributed by atoms with Crippen LogP contribution in [0, 0.1) is 0 Å². The Kier molecular flexibility index (Phi) is 12.2. The Labute approximate surface area is 300 Å². The number of morpholine rings is 4. The van der Waals surface area contributed by atoms with Crippen LogP contribution in [0.2, 0.25) is 0 Å². The molecule has 0 radical (unpaired) electrons. The molecule has 4 heterocycles. The van der Waals surface area contributed by atoms with Gasteiger partial charge in [0, 0.05) is 52.4 Å². The minimum absolute atomic E-state index is 0.116. The molecule has 0 aromatic heterocycles. The summed E-state index contributed by atoms with van der Waals surface area (Å²) < 4.78 is 137. The van der Waals surface area contributed by atoms with Gasteiger partial charge in [-0.25, -0.2) is 33.7 Å². The molecule has 0 bridgehead atoms. The van der Waals surface area contributed by atoms with E-state index < -0.39 is 40.1 Å². The van der Waals surface area contributed by atoms with Crippen molar-refractivity contribution in [1.29, 1.82) is 0 Å². The first-order valence-corrected chi connectivity index (χ1v) is 22.7. The number of rotatable bonds is 12. The summed E-state index contributed by atoms with van der Waals surface area (Å²) >= 11 is 0. The molecule has 0 aliphatic carbocycles. The maximum atomic E-state index is 14.0. The van der Waals surface area contributed by atoms with Gasteiger partial charge in [0.15, 0.2) is 0 Å². The zero-order valence-electron chi connectivity index (χ0n) is 28.2. The highest BCUT2D eigenvalue weighted by Crippen LogP contribution is 2.31. The maximum absolute atomic E-state index is 14.0. The van der Waals surface area contributed by atoms with Gasteiger partial charge in [0.2, 0.25) is 40.1 Å². The summed E-state index contributed by atoms with van der Waals surface area (Å²) in [6.45, 7) is 2.83. The quantitative estimate of drug-likeness (QED) is 0.280. The number of hydrogen-bond acceptors (Lipinski definition) is 12. The SMILES string of the molecule is O=S(=O)(c1ccc(CCCc2ccc(S(=O)(=O)N3CCOCC3)cc2S(=O)(=O)N2CCOCC2)c(S(=O)(=O)N2CCOCC2)c1)N1CCOCC1. The number of aryl methyl sites for hydroxylation is 2. The molecule has 284 valence electrons. The van der Waals surface area contributed by atoms with Gasteiger partial charge in [0.1, 0.15) is 0 Å². The van der Waals surface area contributed by atoms with Crippen LogP contribution in [0.15, 0.2) is 56.0 Å². The lowest BCUT2D eigenvalue weighted by atomic mass is 10.0. The fraction of sp³-hybridized carbons (Fsp3) is 0.613. The molecule has 0 N–H and O–H groups in total. The topological polar surface area (TPSA) is 186 Å². The summed E-state index contributed by atoms with van der Waals surface area (Å²) in [5.41, 5.74) is 0.762. The monoisotopic (exact) mass is 792 g/mol. The van der Waals surface area contributed by atoms with E-state index >= 15 is 0 Å². The molecule has 20 heteroatoms. The van der Waals surface area contributed by atoms with E-state index in [0.29, 0.717) is 11.1 Å². The molecule has 16 nitrogen and oxygen atoms in total. The molecule has 0 saturated carbocycles. The van der Waals surface area contributed by atoms with Crippen LogP contribution in [-0.2, 0) is 71.9 Å². The average Bonchev–Trinajstić information content (AvgIpc) is 3.16. The standard InChI is InChI=1S/C31H44N4O12S4/c36-48(37,32-8-16-44-17-9-32)28-6-4-26(30(24-28)50(40,41)34-12-20-46-21-13-34)2-1-3-27-5-7-29(49(38,39)33-10-18-45-19-11-33)25-31(27)51(42,43)35-14-22-47-23-15-35/h4-7,24-25H,1-3,8-23H2. The van der Waals surface area contributed by atoms with E-state index in [1.165, 1.54) is 53.6 Å². The minimum atomic E-state index is -4.13. The molecule has 4 fully saturated rings. The Balaban J connectivity index is 1.31. The Bertz CT molecular complexity index is 1840. The van der Waals surface area contributed by atoms with Crippen molar-refractivity contribution in [2.75, 3.05) is 105 Å². The van der Waals surface area contributed by atoms with Gasteiger partial charge in [-0.3, -0.25) is 0 Å². The van der Waals surface area contributed by atoms with E-state index in [-0.39, 0.29) is 144 Å². The van der Waals surface area contributed by atoms with Crippen LogP contribution in [0.4, 0.5) is 0 Å². The molecule has 4 aliphatic heterocycles. The van der Waals surface area contributed by atoms with Gasteiger partial charge >= 0.3 is 0 Å². The second kappa shape index (κ2) is 16.1. The second-order valence-corrected chi connectivity index (χ2v) is 20.1. The van der Waals surface area contributed by atoms with Gasteiger partial charge in [-0.2, -0.15) is 17.2 Å². The second-order valence-electron chi connectivity index (χ2n) is 12.5. The van der Waals surface area contributed by atoms with Crippen LogP contribution in [0.1, 0.15) is 17.5 Å². The first-order valence-electron chi connectivity index (χ1n) is 16.9. The van der Waals surface area contributed by atoms with Gasteiger partial charge in [-0.1, -0.05) is 12.1 Å². The predicted molar refractivity (Wildman–Crippen MR) is 183 cm³/mol. The van der Waals surface area contributed by atoms with Crippen LogP contribution in [0.3, 0.4) is 0 Å². The lowest BCUT2D eigenvalue weighted by Gasteiger charge is -2.29. The van der Waals surface area contributed by atoms with Crippen LogP contribution < -0.4 is 0 Å². The molecule has 0 spiro atoms. The van der Waals surface area contributed by atoms with E-state index in [1.54, 1.807) is 0 Å². The molecule has 2 aromatic rings. The Hall–Kier alpha value is -2.08.